The summed E-state index contributed by atoms with van der Waals surface area (Å²) in [6.45, 7) is 0. The Balaban J connectivity index is 2.32. The van der Waals surface area contributed by atoms with Crippen LogP contribution in [0.3, 0.4) is 0 Å². The molecule has 3 aromatic rings. The topological polar surface area (TPSA) is 56.0 Å². The van der Waals surface area contributed by atoms with Gasteiger partial charge in [0.15, 0.2) is 0 Å². The number of fused-ring (bicyclic) bond motifs is 1. The van der Waals surface area contributed by atoms with E-state index in [0.717, 1.165) is 0 Å². The summed E-state index contributed by atoms with van der Waals surface area (Å²) in [7, 11) is 0. The molecule has 4 nitrogen and oxygen atoms in total. The average Bonchev–Trinajstić information content (AvgIpc) is 2.39. The monoisotopic (exact) mass is 242 g/mol. The normalized spacial score (nSPS) is 10.7. The summed E-state index contributed by atoms with van der Waals surface area (Å²) in [5.74, 6) is -0.532. The molecule has 5 heteroatoms. The first kappa shape index (κ1) is 10.6. The molecule has 0 saturated heterocycles. The zero-order valence-corrected chi connectivity index (χ0v) is 9.13. The number of halogens is 1. The molecule has 3 rings (SSSR count). The molecule has 0 bridgehead atoms. The first-order valence-electron chi connectivity index (χ1n) is 5.25. The third kappa shape index (κ3) is 1.66. The Kier molecular flexibility index (Phi) is 2.37. The third-order valence-corrected chi connectivity index (χ3v) is 2.54. The van der Waals surface area contributed by atoms with Crippen molar-refractivity contribution in [1.29, 1.82) is 0 Å². The lowest BCUT2D eigenvalue weighted by atomic mass is 10.2. The predicted octanol–water partition coefficient (Wildman–Crippen LogP) is 2.39. The molecule has 0 radical (unpaired) electrons. The van der Waals surface area contributed by atoms with Crippen molar-refractivity contribution in [3.05, 3.63) is 59.0 Å². The lowest BCUT2D eigenvalue weighted by molar-refractivity contribution is 0.511. The molecule has 1 aromatic carbocycles. The molecule has 0 spiro atoms. The first-order valence-corrected chi connectivity index (χ1v) is 5.25. The van der Waals surface area contributed by atoms with E-state index >= 15 is 0 Å². The van der Waals surface area contributed by atoms with Gasteiger partial charge in [-0.05, 0) is 18.2 Å². The number of hydrogen-bond acceptors (Lipinski definition) is 4. The quantitative estimate of drug-likeness (QED) is 0.657. The first-order chi connectivity index (χ1) is 8.75. The highest BCUT2D eigenvalue weighted by Gasteiger charge is 2.11. The molecule has 88 valence electrons. The van der Waals surface area contributed by atoms with Gasteiger partial charge in [-0.1, -0.05) is 12.1 Å². The fourth-order valence-electron chi connectivity index (χ4n) is 1.67. The van der Waals surface area contributed by atoms with E-state index in [0.29, 0.717) is 10.9 Å². The highest BCUT2D eigenvalue weighted by atomic mass is 19.1. The molecule has 18 heavy (non-hydrogen) atoms. The lowest BCUT2D eigenvalue weighted by Crippen LogP contribution is -2.03. The maximum absolute atomic E-state index is 13.6. The Morgan fingerprint density at radius 2 is 2.00 bits per heavy atom. The maximum atomic E-state index is 13.6. The Hall–Kier alpha value is -2.56. The van der Waals surface area contributed by atoms with Gasteiger partial charge in [-0.3, -0.25) is 4.98 Å². The molecule has 0 N–H and O–H groups in total. The Morgan fingerprint density at radius 1 is 1.17 bits per heavy atom. The van der Waals surface area contributed by atoms with Gasteiger partial charge in [0.1, 0.15) is 5.82 Å². The van der Waals surface area contributed by atoms with Gasteiger partial charge in [0, 0.05) is 6.20 Å². The van der Waals surface area contributed by atoms with E-state index in [1.807, 2.05) is 0 Å². The second-order valence-electron chi connectivity index (χ2n) is 3.68. The van der Waals surface area contributed by atoms with E-state index in [1.165, 1.54) is 30.6 Å². The van der Waals surface area contributed by atoms with Crippen molar-refractivity contribution in [3.63, 3.8) is 0 Å². The highest BCUT2D eigenvalue weighted by Crippen LogP contribution is 2.20. The van der Waals surface area contributed by atoms with Crippen LogP contribution in [0.25, 0.3) is 22.4 Å². The molecule has 0 fully saturated rings. The van der Waals surface area contributed by atoms with E-state index in [-0.39, 0.29) is 11.5 Å². The number of aromatic nitrogens is 2. The zero-order valence-electron chi connectivity index (χ0n) is 9.13. The average molecular weight is 242 g/mol. The minimum atomic E-state index is -0.555. The Labute approximate surface area is 101 Å². The number of pyridine rings is 1. The van der Waals surface area contributed by atoms with Gasteiger partial charge >= 0.3 is 5.63 Å². The number of hydrogen-bond donors (Lipinski definition) is 0. The van der Waals surface area contributed by atoms with Gasteiger partial charge in [0.2, 0.25) is 5.89 Å². The van der Waals surface area contributed by atoms with Gasteiger partial charge in [-0.25, -0.2) is 14.2 Å². The molecule has 0 unspecified atom stereocenters. The summed E-state index contributed by atoms with van der Waals surface area (Å²) in [4.78, 5) is 19.7. The molecule has 0 aliphatic rings. The van der Waals surface area contributed by atoms with Crippen LogP contribution in [-0.2, 0) is 0 Å². The van der Waals surface area contributed by atoms with E-state index < -0.39 is 11.4 Å². The largest absolute Gasteiger partial charge is 0.403 e. The number of rotatable bonds is 1. The number of benzene rings is 1. The molecule has 0 atom stereocenters. The van der Waals surface area contributed by atoms with Gasteiger partial charge < -0.3 is 4.42 Å². The highest BCUT2D eigenvalue weighted by molar-refractivity contribution is 5.77. The summed E-state index contributed by atoms with van der Waals surface area (Å²) >= 11 is 0. The minimum Gasteiger partial charge on any atom is -0.403 e. The van der Waals surface area contributed by atoms with E-state index in [2.05, 4.69) is 9.97 Å². The SMILES string of the molecule is O=c1oc(-c2ccccc2F)nc2cnccc12. The molecular formula is C13H7FN2O2. The molecule has 0 saturated carbocycles. The molecule has 2 aromatic heterocycles. The number of nitrogens with zero attached hydrogens (tertiary/aromatic N) is 2. The van der Waals surface area contributed by atoms with Crippen LogP contribution in [0.5, 0.6) is 0 Å². The summed E-state index contributed by atoms with van der Waals surface area (Å²) in [5.41, 5.74) is -0.0204. The van der Waals surface area contributed by atoms with Crippen molar-refractivity contribution in [2.45, 2.75) is 0 Å². The van der Waals surface area contributed by atoms with Crippen LogP contribution in [0.1, 0.15) is 0 Å². The fraction of sp³-hybridized carbons (Fsp3) is 0. The molecular weight excluding hydrogens is 235 g/mol. The van der Waals surface area contributed by atoms with Crippen molar-refractivity contribution in [1.82, 2.24) is 9.97 Å². The Morgan fingerprint density at radius 3 is 2.83 bits per heavy atom. The summed E-state index contributed by atoms with van der Waals surface area (Å²) < 4.78 is 18.6. The van der Waals surface area contributed by atoms with Gasteiger partial charge in [0.05, 0.1) is 22.7 Å². The lowest BCUT2D eigenvalue weighted by Gasteiger charge is -2.01. The van der Waals surface area contributed by atoms with Gasteiger partial charge in [-0.15, -0.1) is 0 Å². The summed E-state index contributed by atoms with van der Waals surface area (Å²) in [6.07, 6.45) is 2.92. The Bertz CT molecular complexity index is 783. The van der Waals surface area contributed by atoms with Crippen LogP contribution < -0.4 is 5.63 Å². The third-order valence-electron chi connectivity index (χ3n) is 2.54. The maximum Gasteiger partial charge on any atom is 0.347 e. The van der Waals surface area contributed by atoms with E-state index in [9.17, 15) is 9.18 Å². The molecule has 0 aliphatic carbocycles. The van der Waals surface area contributed by atoms with Crippen LogP contribution in [0.2, 0.25) is 0 Å². The van der Waals surface area contributed by atoms with Crippen molar-refractivity contribution >= 4 is 10.9 Å². The van der Waals surface area contributed by atoms with Crippen molar-refractivity contribution < 1.29 is 8.81 Å². The van der Waals surface area contributed by atoms with Crippen molar-refractivity contribution in [2.75, 3.05) is 0 Å². The smallest absolute Gasteiger partial charge is 0.347 e. The van der Waals surface area contributed by atoms with Crippen LogP contribution >= 0.6 is 0 Å². The molecule has 0 aliphatic heterocycles. The standard InChI is InChI=1S/C13H7FN2O2/c14-10-4-2-1-3-8(10)12-16-11-7-15-6-5-9(11)13(17)18-12/h1-7H. The van der Waals surface area contributed by atoms with E-state index in [4.69, 9.17) is 4.42 Å². The zero-order chi connectivity index (χ0) is 12.5. The van der Waals surface area contributed by atoms with Crippen LogP contribution in [0.15, 0.2) is 51.9 Å². The summed E-state index contributed by atoms with van der Waals surface area (Å²) in [5, 5.41) is 0.324. The van der Waals surface area contributed by atoms with Crippen molar-refractivity contribution in [2.24, 2.45) is 0 Å². The van der Waals surface area contributed by atoms with Crippen molar-refractivity contribution in [3.8, 4) is 11.5 Å². The van der Waals surface area contributed by atoms with Crippen LogP contribution in [0.4, 0.5) is 4.39 Å². The van der Waals surface area contributed by atoms with Crippen LogP contribution in [-0.4, -0.2) is 9.97 Å². The van der Waals surface area contributed by atoms with Crippen LogP contribution in [0, 0.1) is 5.82 Å². The second kappa shape index (κ2) is 4.03. The second-order valence-corrected chi connectivity index (χ2v) is 3.68. The molecule has 2 heterocycles. The minimum absolute atomic E-state index is 0.0430. The molecule has 0 amide bonds. The van der Waals surface area contributed by atoms with E-state index in [1.54, 1.807) is 12.1 Å². The van der Waals surface area contributed by atoms with Gasteiger partial charge in [0.25, 0.3) is 0 Å². The van der Waals surface area contributed by atoms with Gasteiger partial charge in [-0.2, -0.15) is 0 Å². The predicted molar refractivity (Wildman–Crippen MR) is 63.5 cm³/mol. The fourth-order valence-corrected chi connectivity index (χ4v) is 1.67. The summed E-state index contributed by atoms with van der Waals surface area (Å²) in [6, 6.07) is 7.50.